The molecule has 19 heavy (non-hydrogen) atoms. The van der Waals surface area contributed by atoms with Crippen molar-refractivity contribution in [2.75, 3.05) is 26.4 Å². The topological polar surface area (TPSA) is 57.7 Å². The fourth-order valence-corrected chi connectivity index (χ4v) is 2.83. The van der Waals surface area contributed by atoms with Crippen LogP contribution in [0.3, 0.4) is 0 Å². The minimum Gasteiger partial charge on any atom is -0.339 e. The van der Waals surface area contributed by atoms with E-state index in [4.69, 9.17) is 0 Å². The fraction of sp³-hybridized carbons (Fsp3) is 0.923. The summed E-state index contributed by atoms with van der Waals surface area (Å²) in [6.45, 7) is 7.18. The van der Waals surface area contributed by atoms with Crippen LogP contribution in [0, 0.1) is 5.41 Å². The number of nitrogens with zero attached hydrogens (tertiary/aromatic N) is 2. The maximum absolute atomic E-state index is 12.2. The molecule has 0 N–H and O–H groups in total. The van der Waals surface area contributed by atoms with Crippen LogP contribution >= 0.6 is 0 Å². The number of likely N-dealkylation sites (tertiary alicyclic amines) is 1. The van der Waals surface area contributed by atoms with Gasteiger partial charge in [0.1, 0.15) is 0 Å². The molecule has 5 nitrogen and oxygen atoms in total. The van der Waals surface area contributed by atoms with E-state index in [2.05, 4.69) is 20.8 Å². The summed E-state index contributed by atoms with van der Waals surface area (Å²) in [5.41, 5.74) is 0.177. The second-order valence-corrected chi connectivity index (χ2v) is 8.76. The third kappa shape index (κ3) is 5.10. The SMILES string of the molecule is CN(CC(=O)N1CCCC1CC(C)(C)C)S(C)(=O)=O. The van der Waals surface area contributed by atoms with Crippen molar-refractivity contribution in [2.24, 2.45) is 5.41 Å². The Kier molecular flexibility index (Phi) is 5.01. The molecule has 6 heteroatoms. The van der Waals surface area contributed by atoms with Crippen molar-refractivity contribution in [1.29, 1.82) is 0 Å². The second kappa shape index (κ2) is 5.79. The summed E-state index contributed by atoms with van der Waals surface area (Å²) in [7, 11) is -1.85. The Morgan fingerprint density at radius 2 is 1.95 bits per heavy atom. The van der Waals surface area contributed by atoms with Crippen LogP contribution in [0.5, 0.6) is 0 Å². The Morgan fingerprint density at radius 3 is 2.42 bits per heavy atom. The van der Waals surface area contributed by atoms with E-state index in [9.17, 15) is 13.2 Å². The number of carbonyl (C=O) groups excluding carboxylic acids is 1. The van der Waals surface area contributed by atoms with Crippen molar-refractivity contribution in [1.82, 2.24) is 9.21 Å². The van der Waals surface area contributed by atoms with Gasteiger partial charge in [0.25, 0.3) is 0 Å². The molecule has 0 aromatic rings. The first kappa shape index (κ1) is 16.4. The van der Waals surface area contributed by atoms with E-state index in [0.717, 1.165) is 36.4 Å². The number of rotatable bonds is 4. The van der Waals surface area contributed by atoms with Gasteiger partial charge in [-0.25, -0.2) is 8.42 Å². The molecule has 1 saturated heterocycles. The van der Waals surface area contributed by atoms with Crippen LogP contribution in [0.4, 0.5) is 0 Å². The molecule has 112 valence electrons. The van der Waals surface area contributed by atoms with Crippen molar-refractivity contribution in [3.63, 3.8) is 0 Å². The quantitative estimate of drug-likeness (QED) is 0.784. The molecule has 1 amide bonds. The van der Waals surface area contributed by atoms with Crippen LogP contribution in [-0.4, -0.2) is 56.0 Å². The number of hydrogen-bond acceptors (Lipinski definition) is 3. The average Bonchev–Trinajstić information content (AvgIpc) is 2.61. The standard InChI is InChI=1S/C13H26N2O3S/c1-13(2,3)9-11-7-6-8-15(11)12(16)10-14(4)19(5,17)18/h11H,6-10H2,1-5H3. The monoisotopic (exact) mass is 290 g/mol. The molecular weight excluding hydrogens is 264 g/mol. The van der Waals surface area contributed by atoms with E-state index in [0.29, 0.717) is 0 Å². The molecule has 0 aromatic heterocycles. The van der Waals surface area contributed by atoms with Gasteiger partial charge in [-0.15, -0.1) is 0 Å². The first-order valence-corrected chi connectivity index (χ1v) is 8.56. The molecule has 0 spiro atoms. The maximum atomic E-state index is 12.2. The van der Waals surface area contributed by atoms with E-state index in [1.54, 1.807) is 0 Å². The van der Waals surface area contributed by atoms with E-state index >= 15 is 0 Å². The van der Waals surface area contributed by atoms with Gasteiger partial charge in [0.2, 0.25) is 15.9 Å². The van der Waals surface area contributed by atoms with Crippen LogP contribution in [0.1, 0.15) is 40.0 Å². The predicted octanol–water partition coefficient (Wildman–Crippen LogP) is 1.30. The predicted molar refractivity (Wildman–Crippen MR) is 76.3 cm³/mol. The molecule has 0 aromatic carbocycles. The van der Waals surface area contributed by atoms with E-state index in [1.807, 2.05) is 4.90 Å². The summed E-state index contributed by atoms with van der Waals surface area (Å²) in [5.74, 6) is -0.0836. The summed E-state index contributed by atoms with van der Waals surface area (Å²) < 4.78 is 23.8. The van der Waals surface area contributed by atoms with Crippen molar-refractivity contribution in [3.8, 4) is 0 Å². The average molecular weight is 290 g/mol. The summed E-state index contributed by atoms with van der Waals surface area (Å²) in [6, 6.07) is 0.250. The van der Waals surface area contributed by atoms with Crippen LogP contribution in [0.15, 0.2) is 0 Å². The molecule has 1 rings (SSSR count). The Bertz CT molecular complexity index is 426. The highest BCUT2D eigenvalue weighted by Gasteiger charge is 2.32. The van der Waals surface area contributed by atoms with Gasteiger partial charge in [0.05, 0.1) is 12.8 Å². The zero-order valence-electron chi connectivity index (χ0n) is 12.6. The van der Waals surface area contributed by atoms with Gasteiger partial charge >= 0.3 is 0 Å². The lowest BCUT2D eigenvalue weighted by Gasteiger charge is -2.31. The molecule has 1 atom stereocenters. The van der Waals surface area contributed by atoms with Gasteiger partial charge in [-0.1, -0.05) is 20.8 Å². The van der Waals surface area contributed by atoms with Crippen molar-refractivity contribution >= 4 is 15.9 Å². The summed E-state index contributed by atoms with van der Waals surface area (Å²) in [4.78, 5) is 14.1. The highest BCUT2D eigenvalue weighted by Crippen LogP contribution is 2.29. The molecule has 1 unspecified atom stereocenters. The second-order valence-electron chi connectivity index (χ2n) is 6.67. The molecule has 0 bridgehead atoms. The van der Waals surface area contributed by atoms with E-state index < -0.39 is 10.0 Å². The fourth-order valence-electron chi connectivity index (χ4n) is 2.48. The maximum Gasteiger partial charge on any atom is 0.238 e. The highest BCUT2D eigenvalue weighted by molar-refractivity contribution is 7.88. The van der Waals surface area contributed by atoms with E-state index in [1.165, 1.54) is 7.05 Å². The Balaban J connectivity index is 2.66. The minimum atomic E-state index is -3.29. The largest absolute Gasteiger partial charge is 0.339 e. The summed E-state index contributed by atoms with van der Waals surface area (Å²) in [6.07, 6.45) is 4.11. The summed E-state index contributed by atoms with van der Waals surface area (Å²) >= 11 is 0. The number of likely N-dealkylation sites (N-methyl/N-ethyl adjacent to an activating group) is 1. The normalized spacial score (nSPS) is 21.2. The molecule has 1 aliphatic rings. The molecule has 1 fully saturated rings. The van der Waals surface area contributed by atoms with Crippen LogP contribution < -0.4 is 0 Å². The van der Waals surface area contributed by atoms with Crippen molar-refractivity contribution in [3.05, 3.63) is 0 Å². The zero-order chi connectivity index (χ0) is 14.8. The number of sulfonamides is 1. The number of amides is 1. The number of hydrogen-bond donors (Lipinski definition) is 0. The zero-order valence-corrected chi connectivity index (χ0v) is 13.5. The van der Waals surface area contributed by atoms with Crippen LogP contribution in [0.25, 0.3) is 0 Å². The first-order valence-electron chi connectivity index (χ1n) is 6.71. The lowest BCUT2D eigenvalue weighted by atomic mass is 9.87. The molecular formula is C13H26N2O3S. The molecule has 1 heterocycles. The molecule has 0 aliphatic carbocycles. The minimum absolute atomic E-state index is 0.0561. The van der Waals surface area contributed by atoms with Crippen molar-refractivity contribution in [2.45, 2.75) is 46.1 Å². The van der Waals surface area contributed by atoms with Gasteiger partial charge in [0.15, 0.2) is 0 Å². The van der Waals surface area contributed by atoms with Gasteiger partial charge < -0.3 is 4.90 Å². The number of carbonyl (C=O) groups is 1. The lowest BCUT2D eigenvalue weighted by Crippen LogP contribution is -2.44. The molecule has 1 aliphatic heterocycles. The third-order valence-corrected chi connectivity index (χ3v) is 4.73. The summed E-state index contributed by atoms with van der Waals surface area (Å²) in [5, 5.41) is 0. The van der Waals surface area contributed by atoms with Gasteiger partial charge in [-0.2, -0.15) is 4.31 Å². The van der Waals surface area contributed by atoms with Gasteiger partial charge in [-0.3, -0.25) is 4.79 Å². The smallest absolute Gasteiger partial charge is 0.238 e. The van der Waals surface area contributed by atoms with Gasteiger partial charge in [0, 0.05) is 19.6 Å². The third-order valence-electron chi connectivity index (χ3n) is 3.47. The van der Waals surface area contributed by atoms with Crippen molar-refractivity contribution < 1.29 is 13.2 Å². The first-order chi connectivity index (χ1) is 8.50. The van der Waals surface area contributed by atoms with E-state index in [-0.39, 0.29) is 23.9 Å². The Hall–Kier alpha value is -0.620. The Morgan fingerprint density at radius 1 is 1.37 bits per heavy atom. The Labute approximate surface area is 117 Å². The molecule has 0 radical (unpaired) electrons. The lowest BCUT2D eigenvalue weighted by molar-refractivity contribution is -0.132. The van der Waals surface area contributed by atoms with Crippen LogP contribution in [0.2, 0.25) is 0 Å². The highest BCUT2D eigenvalue weighted by atomic mass is 32.2. The van der Waals surface area contributed by atoms with Crippen LogP contribution in [-0.2, 0) is 14.8 Å². The molecule has 0 saturated carbocycles. The van der Waals surface area contributed by atoms with Gasteiger partial charge in [-0.05, 0) is 24.7 Å².